The monoisotopic (exact) mass is 249 g/mol. The van der Waals surface area contributed by atoms with Gasteiger partial charge in [-0.3, -0.25) is 0 Å². The topological polar surface area (TPSA) is 30.7 Å². The molecule has 1 aromatic heterocycles. The Morgan fingerprint density at radius 1 is 1.33 bits per heavy atom. The quantitative estimate of drug-likeness (QED) is 0.482. The van der Waals surface area contributed by atoms with Crippen molar-refractivity contribution >= 4 is 0 Å². The molecule has 1 unspecified atom stereocenters. The fourth-order valence-corrected chi connectivity index (χ4v) is 2.24. The van der Waals surface area contributed by atoms with E-state index in [0.29, 0.717) is 6.04 Å². The highest BCUT2D eigenvalue weighted by atomic mass is 15.4. The maximum atomic E-state index is 4.21. The lowest BCUT2D eigenvalue weighted by Crippen LogP contribution is -2.11. The van der Waals surface area contributed by atoms with E-state index < -0.39 is 0 Å². The average molecular weight is 249 g/mol. The van der Waals surface area contributed by atoms with Crippen LogP contribution in [0.1, 0.15) is 71.0 Å². The van der Waals surface area contributed by atoms with Crippen LogP contribution in [0.15, 0.2) is 18.3 Å². The summed E-state index contributed by atoms with van der Waals surface area (Å²) in [6, 6.07) is 0.448. The van der Waals surface area contributed by atoms with Crippen molar-refractivity contribution in [2.75, 3.05) is 0 Å². The molecule has 102 valence electrons. The van der Waals surface area contributed by atoms with Gasteiger partial charge in [0.25, 0.3) is 0 Å². The molecule has 3 heteroatoms. The molecule has 0 saturated carbocycles. The third-order valence-electron chi connectivity index (χ3n) is 3.27. The van der Waals surface area contributed by atoms with Crippen molar-refractivity contribution < 1.29 is 0 Å². The number of unbranched alkanes of at least 4 members (excludes halogenated alkanes) is 4. The number of nitrogens with zero attached hydrogens (tertiary/aromatic N) is 3. The van der Waals surface area contributed by atoms with Crippen LogP contribution in [0.25, 0.3) is 0 Å². The van der Waals surface area contributed by atoms with E-state index in [2.05, 4.69) is 35.4 Å². The normalized spacial score (nSPS) is 12.6. The number of hydrogen-bond donors (Lipinski definition) is 0. The van der Waals surface area contributed by atoms with Gasteiger partial charge in [-0.1, -0.05) is 56.4 Å². The van der Waals surface area contributed by atoms with E-state index in [1.54, 1.807) is 0 Å². The van der Waals surface area contributed by atoms with Gasteiger partial charge in [0.05, 0.1) is 17.9 Å². The summed E-state index contributed by atoms with van der Waals surface area (Å²) in [6.07, 6.45) is 10.6. The van der Waals surface area contributed by atoms with Gasteiger partial charge in [0.2, 0.25) is 0 Å². The molecule has 0 aliphatic carbocycles. The van der Waals surface area contributed by atoms with Crippen LogP contribution in [0.3, 0.4) is 0 Å². The summed E-state index contributed by atoms with van der Waals surface area (Å²) in [7, 11) is 0. The summed E-state index contributed by atoms with van der Waals surface area (Å²) in [5.41, 5.74) is 2.34. The minimum absolute atomic E-state index is 0.448. The van der Waals surface area contributed by atoms with Crippen molar-refractivity contribution in [2.45, 2.75) is 71.8 Å². The molecule has 0 aromatic carbocycles. The van der Waals surface area contributed by atoms with Crippen LogP contribution in [0, 0.1) is 0 Å². The van der Waals surface area contributed by atoms with E-state index >= 15 is 0 Å². The molecule has 0 aliphatic rings. The van der Waals surface area contributed by atoms with Gasteiger partial charge < -0.3 is 0 Å². The first-order valence-electron chi connectivity index (χ1n) is 7.18. The van der Waals surface area contributed by atoms with Crippen LogP contribution in [-0.2, 0) is 6.42 Å². The first-order chi connectivity index (χ1) is 8.65. The van der Waals surface area contributed by atoms with Crippen molar-refractivity contribution in [3.05, 3.63) is 24.0 Å². The summed E-state index contributed by atoms with van der Waals surface area (Å²) < 4.78 is 2.06. The summed E-state index contributed by atoms with van der Waals surface area (Å²) in [4.78, 5) is 0. The van der Waals surface area contributed by atoms with Gasteiger partial charge in [0.15, 0.2) is 0 Å². The highest BCUT2D eigenvalue weighted by molar-refractivity contribution is 5.07. The van der Waals surface area contributed by atoms with Crippen molar-refractivity contribution in [3.8, 4) is 0 Å². The lowest BCUT2D eigenvalue weighted by Gasteiger charge is -2.14. The van der Waals surface area contributed by atoms with E-state index in [0.717, 1.165) is 12.0 Å². The maximum absolute atomic E-state index is 4.21. The highest BCUT2D eigenvalue weighted by Gasteiger charge is 2.10. The molecule has 18 heavy (non-hydrogen) atoms. The molecule has 0 fully saturated rings. The molecule has 1 atom stereocenters. The van der Waals surface area contributed by atoms with Crippen LogP contribution in [-0.4, -0.2) is 15.0 Å². The molecule has 1 aromatic rings. The van der Waals surface area contributed by atoms with E-state index in [1.165, 1.54) is 44.2 Å². The lowest BCUT2D eigenvalue weighted by atomic mass is 10.1. The van der Waals surface area contributed by atoms with Gasteiger partial charge in [-0.15, -0.1) is 5.10 Å². The summed E-state index contributed by atoms with van der Waals surface area (Å²) >= 11 is 0. The predicted molar refractivity (Wildman–Crippen MR) is 76.6 cm³/mol. The van der Waals surface area contributed by atoms with Crippen molar-refractivity contribution in [3.63, 3.8) is 0 Å². The van der Waals surface area contributed by atoms with Gasteiger partial charge in [0.1, 0.15) is 0 Å². The number of rotatable bonds is 9. The van der Waals surface area contributed by atoms with Gasteiger partial charge in [-0.25, -0.2) is 4.68 Å². The molecular weight excluding hydrogens is 222 g/mol. The van der Waals surface area contributed by atoms with E-state index in [9.17, 15) is 0 Å². The maximum Gasteiger partial charge on any atom is 0.0728 e. The van der Waals surface area contributed by atoms with Crippen LogP contribution in [0.2, 0.25) is 0 Å². The number of aromatic nitrogens is 3. The third-order valence-corrected chi connectivity index (χ3v) is 3.27. The Labute approximate surface area is 111 Å². The standard InChI is InChI=1S/C15H27N3/c1-5-6-7-8-9-10-14(4)18-15(11-13(2)3)12-16-17-18/h12,14H,2,5-11H2,1,3-4H3. The van der Waals surface area contributed by atoms with Gasteiger partial charge >= 0.3 is 0 Å². The molecule has 0 aliphatic heterocycles. The van der Waals surface area contributed by atoms with Crippen molar-refractivity contribution in [2.24, 2.45) is 0 Å². The Morgan fingerprint density at radius 2 is 2.06 bits per heavy atom. The SMILES string of the molecule is C=C(C)Cc1cnnn1C(C)CCCCCCC. The molecule has 0 N–H and O–H groups in total. The Hall–Kier alpha value is -1.12. The molecule has 1 heterocycles. The second-order valence-corrected chi connectivity index (χ2v) is 5.36. The van der Waals surface area contributed by atoms with Gasteiger partial charge in [-0.05, 0) is 20.3 Å². The molecule has 0 radical (unpaired) electrons. The zero-order valence-corrected chi connectivity index (χ0v) is 12.2. The molecule has 1 rings (SSSR count). The van der Waals surface area contributed by atoms with E-state index in [-0.39, 0.29) is 0 Å². The number of hydrogen-bond acceptors (Lipinski definition) is 2. The summed E-state index contributed by atoms with van der Waals surface area (Å²) in [6.45, 7) is 10.5. The second kappa shape index (κ2) is 8.06. The van der Waals surface area contributed by atoms with E-state index in [4.69, 9.17) is 0 Å². The molecule has 0 amide bonds. The molecule has 0 bridgehead atoms. The largest absolute Gasteiger partial charge is 0.246 e. The first kappa shape index (κ1) is 14.9. The molecule has 3 nitrogen and oxygen atoms in total. The Bertz CT molecular complexity index is 354. The van der Waals surface area contributed by atoms with Crippen molar-refractivity contribution in [1.29, 1.82) is 0 Å². The zero-order chi connectivity index (χ0) is 13.4. The fraction of sp³-hybridized carbons (Fsp3) is 0.733. The minimum atomic E-state index is 0.448. The predicted octanol–water partition coefficient (Wildman–Crippen LogP) is 4.32. The minimum Gasteiger partial charge on any atom is -0.246 e. The third kappa shape index (κ3) is 5.03. The molecule has 0 spiro atoms. The molecular formula is C15H27N3. The average Bonchev–Trinajstić information content (AvgIpc) is 2.76. The first-order valence-corrected chi connectivity index (χ1v) is 7.18. The van der Waals surface area contributed by atoms with Crippen LogP contribution in [0.5, 0.6) is 0 Å². The Balaban J connectivity index is 2.38. The summed E-state index contributed by atoms with van der Waals surface area (Å²) in [5.74, 6) is 0. The fourth-order valence-electron chi connectivity index (χ4n) is 2.24. The van der Waals surface area contributed by atoms with Crippen LogP contribution < -0.4 is 0 Å². The zero-order valence-electron chi connectivity index (χ0n) is 12.2. The van der Waals surface area contributed by atoms with Gasteiger partial charge in [0, 0.05) is 6.42 Å². The van der Waals surface area contributed by atoms with Crippen molar-refractivity contribution in [1.82, 2.24) is 15.0 Å². The second-order valence-electron chi connectivity index (χ2n) is 5.36. The van der Waals surface area contributed by atoms with Gasteiger partial charge in [-0.2, -0.15) is 0 Å². The smallest absolute Gasteiger partial charge is 0.0728 e. The highest BCUT2D eigenvalue weighted by Crippen LogP contribution is 2.18. The van der Waals surface area contributed by atoms with Crippen LogP contribution >= 0.6 is 0 Å². The number of allylic oxidation sites excluding steroid dienone is 1. The Kier molecular flexibility index (Phi) is 6.69. The summed E-state index contributed by atoms with van der Waals surface area (Å²) in [5, 5.41) is 8.24. The van der Waals surface area contributed by atoms with Crippen LogP contribution in [0.4, 0.5) is 0 Å². The lowest BCUT2D eigenvalue weighted by molar-refractivity contribution is 0.415. The Morgan fingerprint density at radius 3 is 2.72 bits per heavy atom. The molecule has 0 saturated heterocycles. The van der Waals surface area contributed by atoms with E-state index in [1.807, 2.05) is 13.1 Å².